The van der Waals surface area contributed by atoms with Crippen molar-refractivity contribution in [1.82, 2.24) is 0 Å². The van der Waals surface area contributed by atoms with E-state index in [1.165, 1.54) is 6.92 Å². The van der Waals surface area contributed by atoms with E-state index in [0.29, 0.717) is 11.3 Å². The Morgan fingerprint density at radius 2 is 1.75 bits per heavy atom. The number of para-hydroxylation sites is 1. The number of carbonyl (C=O) groups excluding carboxylic acids is 1. The topological polar surface area (TPSA) is 46.5 Å². The Bertz CT molecular complexity index is 603. The van der Waals surface area contributed by atoms with Crippen LogP contribution in [0.1, 0.15) is 24.2 Å². The van der Waals surface area contributed by atoms with Crippen LogP contribution in [-0.4, -0.2) is 11.1 Å². The minimum absolute atomic E-state index is 0.380. The summed E-state index contributed by atoms with van der Waals surface area (Å²) >= 11 is 0. The highest BCUT2D eigenvalue weighted by atomic mass is 16.5. The molecule has 3 nitrogen and oxygen atoms in total. The van der Waals surface area contributed by atoms with Gasteiger partial charge in [-0.2, -0.15) is 0 Å². The van der Waals surface area contributed by atoms with Gasteiger partial charge in [-0.05, 0) is 11.6 Å². The van der Waals surface area contributed by atoms with E-state index < -0.39 is 12.1 Å². The Kier molecular flexibility index (Phi) is 4.69. The monoisotopic (exact) mass is 268 g/mol. The molecular weight excluding hydrogens is 252 g/mol. The first-order chi connectivity index (χ1) is 9.66. The summed E-state index contributed by atoms with van der Waals surface area (Å²) in [5.74, 6) is -0.0260. The first kappa shape index (κ1) is 14.0. The van der Waals surface area contributed by atoms with Crippen molar-refractivity contribution < 1.29 is 14.6 Å². The Morgan fingerprint density at radius 1 is 1.10 bits per heavy atom. The first-order valence-corrected chi connectivity index (χ1v) is 6.35. The zero-order valence-electron chi connectivity index (χ0n) is 11.2. The van der Waals surface area contributed by atoms with Crippen LogP contribution in [0.5, 0.6) is 5.75 Å². The summed E-state index contributed by atoms with van der Waals surface area (Å²) in [6.07, 6.45) is 2.66. The fourth-order valence-electron chi connectivity index (χ4n) is 1.84. The van der Waals surface area contributed by atoms with Gasteiger partial charge < -0.3 is 9.84 Å². The molecular formula is C17H16O3. The summed E-state index contributed by atoms with van der Waals surface area (Å²) in [7, 11) is 0. The number of aliphatic hydroxyl groups excluding tert-OH is 1. The normalized spacial score (nSPS) is 12.3. The maximum atomic E-state index is 11.0. The average Bonchev–Trinajstić information content (AvgIpc) is 2.46. The molecule has 0 radical (unpaired) electrons. The van der Waals surface area contributed by atoms with Gasteiger partial charge in [-0.3, -0.25) is 4.79 Å². The Labute approximate surface area is 118 Å². The maximum absolute atomic E-state index is 11.0. The third kappa shape index (κ3) is 3.80. The molecule has 20 heavy (non-hydrogen) atoms. The molecule has 0 saturated heterocycles. The molecule has 0 amide bonds. The quantitative estimate of drug-likeness (QED) is 0.683. The molecule has 0 fully saturated rings. The zero-order valence-corrected chi connectivity index (χ0v) is 11.2. The third-order valence-electron chi connectivity index (χ3n) is 2.76. The highest BCUT2D eigenvalue weighted by Crippen LogP contribution is 2.26. The minimum Gasteiger partial charge on any atom is -0.426 e. The lowest BCUT2D eigenvalue weighted by Crippen LogP contribution is -2.05. The van der Waals surface area contributed by atoms with E-state index in [2.05, 4.69) is 0 Å². The SMILES string of the molecule is CC(=O)Oc1ccccc1[C@H](O)/C=C/c1ccccc1. The largest absolute Gasteiger partial charge is 0.426 e. The molecule has 0 aliphatic rings. The summed E-state index contributed by atoms with van der Waals surface area (Å²) in [6, 6.07) is 16.6. The van der Waals surface area contributed by atoms with E-state index in [9.17, 15) is 9.90 Å². The van der Waals surface area contributed by atoms with Crippen molar-refractivity contribution in [2.75, 3.05) is 0 Å². The van der Waals surface area contributed by atoms with Gasteiger partial charge in [0.25, 0.3) is 0 Å². The van der Waals surface area contributed by atoms with Crippen molar-refractivity contribution in [1.29, 1.82) is 0 Å². The van der Waals surface area contributed by atoms with E-state index in [-0.39, 0.29) is 0 Å². The third-order valence-corrected chi connectivity index (χ3v) is 2.76. The molecule has 1 atom stereocenters. The second kappa shape index (κ2) is 6.68. The highest BCUT2D eigenvalue weighted by molar-refractivity contribution is 5.70. The number of rotatable bonds is 4. The van der Waals surface area contributed by atoms with Gasteiger partial charge in [0.2, 0.25) is 0 Å². The van der Waals surface area contributed by atoms with Crippen LogP contribution >= 0.6 is 0 Å². The van der Waals surface area contributed by atoms with E-state index in [1.807, 2.05) is 36.4 Å². The lowest BCUT2D eigenvalue weighted by Gasteiger charge is -2.11. The molecule has 0 heterocycles. The zero-order chi connectivity index (χ0) is 14.4. The maximum Gasteiger partial charge on any atom is 0.308 e. The van der Waals surface area contributed by atoms with Crippen molar-refractivity contribution in [3.05, 3.63) is 71.8 Å². The molecule has 0 spiro atoms. The summed E-state index contributed by atoms with van der Waals surface area (Å²) in [4.78, 5) is 11.0. The van der Waals surface area contributed by atoms with Crippen LogP contribution in [0.3, 0.4) is 0 Å². The number of esters is 1. The molecule has 0 aromatic heterocycles. The number of ether oxygens (including phenoxy) is 1. The summed E-state index contributed by atoms with van der Waals surface area (Å²) < 4.78 is 5.09. The lowest BCUT2D eigenvalue weighted by molar-refractivity contribution is -0.131. The number of hydrogen-bond acceptors (Lipinski definition) is 3. The van der Waals surface area contributed by atoms with Crippen LogP contribution in [0.4, 0.5) is 0 Å². The second-order valence-corrected chi connectivity index (χ2v) is 4.35. The number of benzene rings is 2. The van der Waals surface area contributed by atoms with Crippen molar-refractivity contribution in [2.45, 2.75) is 13.0 Å². The number of hydrogen-bond donors (Lipinski definition) is 1. The predicted molar refractivity (Wildman–Crippen MR) is 78.2 cm³/mol. The second-order valence-electron chi connectivity index (χ2n) is 4.35. The van der Waals surface area contributed by atoms with E-state index in [0.717, 1.165) is 5.56 Å². The van der Waals surface area contributed by atoms with Crippen molar-refractivity contribution in [3.63, 3.8) is 0 Å². The molecule has 102 valence electrons. The Morgan fingerprint density at radius 3 is 2.45 bits per heavy atom. The smallest absolute Gasteiger partial charge is 0.308 e. The van der Waals surface area contributed by atoms with Gasteiger partial charge in [-0.1, -0.05) is 60.7 Å². The van der Waals surface area contributed by atoms with Crippen LogP contribution in [-0.2, 0) is 4.79 Å². The molecule has 0 aliphatic heterocycles. The van der Waals surface area contributed by atoms with Crippen LogP contribution in [0.25, 0.3) is 6.08 Å². The van der Waals surface area contributed by atoms with Crippen LogP contribution < -0.4 is 4.74 Å². The van der Waals surface area contributed by atoms with Crippen molar-refractivity contribution >= 4 is 12.0 Å². The van der Waals surface area contributed by atoms with Gasteiger partial charge in [-0.25, -0.2) is 0 Å². The summed E-state index contributed by atoms with van der Waals surface area (Å²) in [6.45, 7) is 1.34. The summed E-state index contributed by atoms with van der Waals surface area (Å²) in [5.41, 5.74) is 1.56. The summed E-state index contributed by atoms with van der Waals surface area (Å²) in [5, 5.41) is 10.2. The van der Waals surface area contributed by atoms with Gasteiger partial charge in [0.05, 0.1) is 0 Å². The first-order valence-electron chi connectivity index (χ1n) is 6.35. The van der Waals surface area contributed by atoms with E-state index in [4.69, 9.17) is 4.74 Å². The molecule has 0 aliphatic carbocycles. The van der Waals surface area contributed by atoms with Crippen molar-refractivity contribution in [3.8, 4) is 5.75 Å². The van der Waals surface area contributed by atoms with Gasteiger partial charge in [0, 0.05) is 12.5 Å². The molecule has 0 unspecified atom stereocenters. The number of aliphatic hydroxyl groups is 1. The van der Waals surface area contributed by atoms with Gasteiger partial charge >= 0.3 is 5.97 Å². The molecule has 1 N–H and O–H groups in total. The van der Waals surface area contributed by atoms with Crippen LogP contribution in [0.2, 0.25) is 0 Å². The molecule has 2 aromatic carbocycles. The average molecular weight is 268 g/mol. The van der Waals surface area contributed by atoms with E-state index >= 15 is 0 Å². The van der Waals surface area contributed by atoms with Gasteiger partial charge in [-0.15, -0.1) is 0 Å². The van der Waals surface area contributed by atoms with Crippen LogP contribution in [0.15, 0.2) is 60.7 Å². The number of carbonyl (C=O) groups is 1. The molecule has 2 aromatic rings. The van der Waals surface area contributed by atoms with Gasteiger partial charge in [0.1, 0.15) is 11.9 Å². The lowest BCUT2D eigenvalue weighted by atomic mass is 10.1. The molecule has 2 rings (SSSR count). The fourth-order valence-corrected chi connectivity index (χ4v) is 1.84. The van der Waals surface area contributed by atoms with E-state index in [1.54, 1.807) is 30.3 Å². The Hall–Kier alpha value is -2.39. The van der Waals surface area contributed by atoms with Gasteiger partial charge in [0.15, 0.2) is 0 Å². The van der Waals surface area contributed by atoms with Crippen LogP contribution in [0, 0.1) is 0 Å². The standard InChI is InChI=1S/C17H16O3/c1-13(18)20-17-10-6-5-9-15(17)16(19)12-11-14-7-3-2-4-8-14/h2-12,16,19H,1H3/b12-11+/t16-/m1/s1. The highest BCUT2D eigenvalue weighted by Gasteiger charge is 2.11. The molecule has 0 saturated carbocycles. The molecule has 0 bridgehead atoms. The van der Waals surface area contributed by atoms with Crippen molar-refractivity contribution in [2.24, 2.45) is 0 Å². The molecule has 3 heteroatoms. The predicted octanol–water partition coefficient (Wildman–Crippen LogP) is 3.36. The minimum atomic E-state index is -0.828. The Balaban J connectivity index is 2.19. The fraction of sp³-hybridized carbons (Fsp3) is 0.118.